The van der Waals surface area contributed by atoms with Gasteiger partial charge in [-0.1, -0.05) is 48.5 Å². The van der Waals surface area contributed by atoms with E-state index in [-0.39, 0.29) is 11.7 Å². The third-order valence-corrected chi connectivity index (χ3v) is 8.68. The summed E-state index contributed by atoms with van der Waals surface area (Å²) < 4.78 is 5.34. The first-order chi connectivity index (χ1) is 20.5. The molecule has 6 aromatic rings. The number of benzene rings is 3. The molecule has 0 radical (unpaired) electrons. The van der Waals surface area contributed by atoms with Crippen LogP contribution in [0.1, 0.15) is 24.9 Å². The van der Waals surface area contributed by atoms with Gasteiger partial charge in [-0.05, 0) is 77.2 Å². The molecule has 8 heteroatoms. The molecule has 6 rings (SSSR count). The van der Waals surface area contributed by atoms with Crippen LogP contribution in [0.2, 0.25) is 0 Å². The number of rotatable bonds is 8. The maximum Gasteiger partial charge on any atom is 0.267 e. The maximum atomic E-state index is 13.4. The highest BCUT2D eigenvalue weighted by molar-refractivity contribution is 7.21. The molecule has 206 valence electrons. The number of methoxy groups -OCH3 is 1. The molecule has 0 saturated carbocycles. The Balaban J connectivity index is 1.31. The zero-order valence-corrected chi connectivity index (χ0v) is 24.2. The molecule has 0 aliphatic carbocycles. The van der Waals surface area contributed by atoms with Crippen molar-refractivity contribution in [3.8, 4) is 28.1 Å². The molecule has 0 aliphatic heterocycles. The number of hydrogen-bond donors (Lipinski definition) is 2. The minimum absolute atomic E-state index is 0.110. The van der Waals surface area contributed by atoms with Gasteiger partial charge < -0.3 is 15.8 Å². The van der Waals surface area contributed by atoms with Gasteiger partial charge in [0.1, 0.15) is 15.5 Å². The first kappa shape index (κ1) is 27.1. The lowest BCUT2D eigenvalue weighted by molar-refractivity contribution is 0.102. The number of carbonyl (C=O) groups is 2. The molecule has 0 atom stereocenters. The number of carbonyl (C=O) groups excluding carboxylic acids is 2. The summed E-state index contributed by atoms with van der Waals surface area (Å²) in [6, 6.07) is 30.3. The van der Waals surface area contributed by atoms with Crippen molar-refractivity contribution in [1.82, 2.24) is 4.98 Å². The summed E-state index contributed by atoms with van der Waals surface area (Å²) in [4.78, 5) is 32.9. The monoisotopic (exact) mass is 587 g/mol. The molecule has 0 fully saturated rings. The number of fused-ring (bicyclic) bond motifs is 1. The molecule has 0 aliphatic rings. The van der Waals surface area contributed by atoms with Crippen LogP contribution in [0.5, 0.6) is 5.75 Å². The van der Waals surface area contributed by atoms with Crippen LogP contribution >= 0.6 is 22.7 Å². The van der Waals surface area contributed by atoms with E-state index in [4.69, 9.17) is 15.5 Å². The van der Waals surface area contributed by atoms with Gasteiger partial charge in [0, 0.05) is 27.1 Å². The summed E-state index contributed by atoms with van der Waals surface area (Å²) in [5.74, 6) is 0.299. The third-order valence-electron chi connectivity index (χ3n) is 6.75. The van der Waals surface area contributed by atoms with E-state index in [2.05, 4.69) is 5.32 Å². The molecule has 0 unspecified atom stereocenters. The Morgan fingerprint density at radius 3 is 2.36 bits per heavy atom. The highest BCUT2D eigenvalue weighted by Gasteiger charge is 2.22. The van der Waals surface area contributed by atoms with Crippen LogP contribution in [-0.4, -0.2) is 23.8 Å². The normalized spacial score (nSPS) is 11.2. The summed E-state index contributed by atoms with van der Waals surface area (Å²) in [7, 11) is 1.63. The van der Waals surface area contributed by atoms with Crippen molar-refractivity contribution in [3.63, 3.8) is 0 Å². The van der Waals surface area contributed by atoms with Gasteiger partial charge in [-0.3, -0.25) is 9.59 Å². The summed E-state index contributed by atoms with van der Waals surface area (Å²) in [5, 5.41) is 5.61. The van der Waals surface area contributed by atoms with Crippen LogP contribution < -0.4 is 15.8 Å². The molecular weight excluding hydrogens is 563 g/mol. The van der Waals surface area contributed by atoms with Gasteiger partial charge in [0.05, 0.1) is 18.5 Å². The highest BCUT2D eigenvalue weighted by Crippen LogP contribution is 2.42. The average molecular weight is 588 g/mol. The van der Waals surface area contributed by atoms with Crippen LogP contribution in [-0.2, 0) is 0 Å². The predicted octanol–water partition coefficient (Wildman–Crippen LogP) is 8.43. The van der Waals surface area contributed by atoms with Crippen molar-refractivity contribution in [2.45, 2.75) is 0 Å². The van der Waals surface area contributed by atoms with Crippen LogP contribution in [0, 0.1) is 0 Å². The number of ketones is 1. The largest absolute Gasteiger partial charge is 0.497 e. The summed E-state index contributed by atoms with van der Waals surface area (Å²) in [6.07, 6.45) is 3.35. The smallest absolute Gasteiger partial charge is 0.267 e. The number of hydrogen-bond acceptors (Lipinski definition) is 7. The molecule has 42 heavy (non-hydrogen) atoms. The van der Waals surface area contributed by atoms with E-state index in [0.29, 0.717) is 26.6 Å². The molecule has 3 N–H and O–H groups in total. The Labute approximate surface area is 250 Å². The van der Waals surface area contributed by atoms with E-state index < -0.39 is 0 Å². The predicted molar refractivity (Wildman–Crippen MR) is 174 cm³/mol. The van der Waals surface area contributed by atoms with Crippen LogP contribution in [0.4, 0.5) is 11.4 Å². The Hall–Kier alpha value is -5.05. The van der Waals surface area contributed by atoms with Gasteiger partial charge >= 0.3 is 0 Å². The molecule has 3 heterocycles. The summed E-state index contributed by atoms with van der Waals surface area (Å²) in [6.45, 7) is 0. The Morgan fingerprint density at radius 2 is 1.67 bits per heavy atom. The molecule has 3 aromatic heterocycles. The standard InChI is InChI=1S/C34H25N3O3S2/c1-40-25-15-11-21(12-16-25)27-20-28(22-6-3-2-4-7-22)37-34-30(27)31(35)32(42-34)33(39)36-24-13-9-23(10-14-24)29(38)18-17-26-8-5-19-41-26/h2-20H,35H2,1H3,(H,36,39). The second-order valence-corrected chi connectivity index (χ2v) is 11.4. The van der Waals surface area contributed by atoms with Crippen molar-refractivity contribution in [2.24, 2.45) is 0 Å². The summed E-state index contributed by atoms with van der Waals surface area (Å²) in [5.41, 5.74) is 11.7. The number of aromatic nitrogens is 1. The number of nitrogens with one attached hydrogen (secondary N) is 1. The Kier molecular flexibility index (Phi) is 7.64. The minimum Gasteiger partial charge on any atom is -0.497 e. The topological polar surface area (TPSA) is 94.3 Å². The number of anilines is 2. The van der Waals surface area contributed by atoms with Crippen LogP contribution in [0.25, 0.3) is 38.7 Å². The molecular formula is C34H25N3O3S2. The van der Waals surface area contributed by atoms with E-state index in [1.165, 1.54) is 11.3 Å². The van der Waals surface area contributed by atoms with Gasteiger partial charge in [-0.2, -0.15) is 0 Å². The molecule has 0 saturated heterocycles. The maximum absolute atomic E-state index is 13.4. The van der Waals surface area contributed by atoms with E-state index in [1.807, 2.05) is 78.2 Å². The second kappa shape index (κ2) is 11.8. The molecule has 6 nitrogen and oxygen atoms in total. The molecule has 0 bridgehead atoms. The first-order valence-corrected chi connectivity index (χ1v) is 14.8. The van der Waals surface area contributed by atoms with Crippen molar-refractivity contribution < 1.29 is 14.3 Å². The Bertz CT molecular complexity index is 1910. The SMILES string of the molecule is COc1ccc(-c2cc(-c3ccccc3)nc3sc(C(=O)Nc4ccc(C(=O)C=Cc5cccs5)cc4)c(N)c23)cc1. The average Bonchev–Trinajstić information content (AvgIpc) is 3.68. The van der Waals surface area contributed by atoms with Crippen molar-refractivity contribution in [1.29, 1.82) is 0 Å². The number of thiophene rings is 2. The molecule has 3 aromatic carbocycles. The van der Waals surface area contributed by atoms with Gasteiger partial charge in [0.2, 0.25) is 0 Å². The lowest BCUT2D eigenvalue weighted by Gasteiger charge is -2.10. The molecule has 0 spiro atoms. The number of nitrogens with zero attached hydrogens (tertiary/aromatic N) is 1. The van der Waals surface area contributed by atoms with Gasteiger partial charge in [-0.15, -0.1) is 22.7 Å². The van der Waals surface area contributed by atoms with Gasteiger partial charge in [-0.25, -0.2) is 4.98 Å². The number of nitrogen functional groups attached to an aromatic ring is 1. The Morgan fingerprint density at radius 1 is 0.905 bits per heavy atom. The first-order valence-electron chi connectivity index (χ1n) is 13.1. The highest BCUT2D eigenvalue weighted by atomic mass is 32.1. The number of allylic oxidation sites excluding steroid dienone is 1. The fraction of sp³-hybridized carbons (Fsp3) is 0.0294. The van der Waals surface area contributed by atoms with E-state index in [0.717, 1.165) is 38.4 Å². The number of amides is 1. The van der Waals surface area contributed by atoms with Crippen molar-refractivity contribution in [2.75, 3.05) is 18.2 Å². The lowest BCUT2D eigenvalue weighted by atomic mass is 9.99. The zero-order chi connectivity index (χ0) is 29.1. The lowest BCUT2D eigenvalue weighted by Crippen LogP contribution is -2.12. The quantitative estimate of drug-likeness (QED) is 0.138. The van der Waals surface area contributed by atoms with E-state index in [1.54, 1.807) is 54.9 Å². The summed E-state index contributed by atoms with van der Waals surface area (Å²) >= 11 is 2.82. The van der Waals surface area contributed by atoms with E-state index >= 15 is 0 Å². The third kappa shape index (κ3) is 5.58. The zero-order valence-electron chi connectivity index (χ0n) is 22.5. The van der Waals surface area contributed by atoms with Crippen LogP contribution in [0.15, 0.2) is 109 Å². The number of nitrogens with two attached hydrogens (primary N) is 1. The fourth-order valence-corrected chi connectivity index (χ4v) is 6.22. The van der Waals surface area contributed by atoms with Gasteiger partial charge in [0.15, 0.2) is 5.78 Å². The number of ether oxygens (including phenoxy) is 1. The van der Waals surface area contributed by atoms with E-state index in [9.17, 15) is 9.59 Å². The minimum atomic E-state index is -0.339. The van der Waals surface area contributed by atoms with Crippen LogP contribution in [0.3, 0.4) is 0 Å². The van der Waals surface area contributed by atoms with Crippen molar-refractivity contribution in [3.05, 3.63) is 124 Å². The molecule has 1 amide bonds. The fourth-order valence-electron chi connectivity index (χ4n) is 4.59. The second-order valence-electron chi connectivity index (χ2n) is 9.42. The van der Waals surface area contributed by atoms with Crippen molar-refractivity contribution >= 4 is 62.0 Å². The number of pyridine rings is 1. The van der Waals surface area contributed by atoms with Gasteiger partial charge in [0.25, 0.3) is 5.91 Å².